The molecule has 0 aliphatic heterocycles. The van der Waals surface area contributed by atoms with Gasteiger partial charge in [0.1, 0.15) is 6.61 Å². The van der Waals surface area contributed by atoms with Crippen LogP contribution in [-0.2, 0) is 6.61 Å². The summed E-state index contributed by atoms with van der Waals surface area (Å²) in [5.74, 6) is 3.02. The van der Waals surface area contributed by atoms with Crippen LogP contribution in [0.5, 0.6) is 5.75 Å². The topological polar surface area (TPSA) is 90.4 Å². The lowest BCUT2D eigenvalue weighted by atomic mass is 10.1. The van der Waals surface area contributed by atoms with E-state index in [2.05, 4.69) is 5.43 Å². The summed E-state index contributed by atoms with van der Waals surface area (Å²) in [5, 5.41) is 10.7. The van der Waals surface area contributed by atoms with E-state index in [0.717, 1.165) is 12.1 Å². The average molecular weight is 295 g/mol. The van der Waals surface area contributed by atoms with E-state index in [0.29, 0.717) is 11.3 Å². The van der Waals surface area contributed by atoms with Gasteiger partial charge in [-0.15, -0.1) is 0 Å². The number of benzene rings is 2. The number of nitrogens with two attached hydrogens (primary N) is 1. The van der Waals surface area contributed by atoms with Gasteiger partial charge < -0.3 is 10.2 Å². The first kappa shape index (κ1) is 14.7. The minimum absolute atomic E-state index is 0.179. The van der Waals surface area contributed by atoms with Gasteiger partial charge in [0.25, 0.3) is 5.69 Å². The number of hydrogen-bond acceptors (Lipinski definition) is 5. The number of para-hydroxylation sites is 1. The lowest BCUT2D eigenvalue weighted by Crippen LogP contribution is -2.11. The molecule has 0 aliphatic carbocycles. The van der Waals surface area contributed by atoms with E-state index >= 15 is 0 Å². The van der Waals surface area contributed by atoms with Crippen molar-refractivity contribution >= 4 is 11.4 Å². The number of nitro groups is 1. The number of nitrogen functional groups attached to an aromatic ring is 1. The summed E-state index contributed by atoms with van der Waals surface area (Å²) in [5.41, 5.74) is 2.82. The van der Waals surface area contributed by atoms with E-state index in [1.54, 1.807) is 0 Å². The zero-order chi connectivity index (χ0) is 15.4. The molecule has 2 rings (SSSR count). The number of nitro benzene ring substituents is 1. The van der Waals surface area contributed by atoms with E-state index in [1.807, 2.05) is 0 Å². The number of hydrazine groups is 1. The van der Waals surface area contributed by atoms with E-state index < -0.39 is 22.3 Å². The molecule has 2 aromatic rings. The summed E-state index contributed by atoms with van der Waals surface area (Å²) in [6.07, 6.45) is 0. The molecule has 0 atom stereocenters. The van der Waals surface area contributed by atoms with Crippen molar-refractivity contribution in [3.63, 3.8) is 0 Å². The Morgan fingerprint density at radius 2 is 1.90 bits per heavy atom. The van der Waals surface area contributed by atoms with Gasteiger partial charge in [-0.05, 0) is 18.2 Å². The van der Waals surface area contributed by atoms with Crippen LogP contribution < -0.4 is 16.0 Å². The molecule has 0 saturated carbocycles. The molecule has 110 valence electrons. The van der Waals surface area contributed by atoms with Crippen LogP contribution >= 0.6 is 0 Å². The number of hydrogen-bond donors (Lipinski definition) is 2. The highest BCUT2D eigenvalue weighted by Crippen LogP contribution is 2.26. The van der Waals surface area contributed by atoms with Crippen molar-refractivity contribution in [3.8, 4) is 5.75 Å². The van der Waals surface area contributed by atoms with Gasteiger partial charge in [0.2, 0.25) is 0 Å². The summed E-state index contributed by atoms with van der Waals surface area (Å²) < 4.78 is 31.9. The van der Waals surface area contributed by atoms with Gasteiger partial charge in [0.15, 0.2) is 17.4 Å². The Morgan fingerprint density at radius 1 is 1.24 bits per heavy atom. The third kappa shape index (κ3) is 3.23. The summed E-state index contributed by atoms with van der Waals surface area (Å²) in [6, 6.07) is 7.16. The van der Waals surface area contributed by atoms with E-state index in [1.165, 1.54) is 24.3 Å². The van der Waals surface area contributed by atoms with Gasteiger partial charge in [-0.2, -0.15) is 0 Å². The van der Waals surface area contributed by atoms with Crippen molar-refractivity contribution in [2.45, 2.75) is 6.61 Å². The standard InChI is InChI=1S/C13H11F2N3O3/c14-10-2-1-3-11(15)13(10)21-7-8-6-9(18(19)20)4-5-12(8)17-16/h1-6,17H,7,16H2. The lowest BCUT2D eigenvalue weighted by molar-refractivity contribution is -0.384. The molecule has 0 unspecified atom stereocenters. The number of halogens is 2. The monoisotopic (exact) mass is 295 g/mol. The molecule has 2 aromatic carbocycles. The fourth-order valence-corrected chi connectivity index (χ4v) is 1.72. The summed E-state index contributed by atoms with van der Waals surface area (Å²) in [6.45, 7) is -0.279. The van der Waals surface area contributed by atoms with Gasteiger partial charge in [0, 0.05) is 17.7 Å². The maximum absolute atomic E-state index is 13.4. The first-order chi connectivity index (χ1) is 10.0. The fraction of sp³-hybridized carbons (Fsp3) is 0.0769. The minimum Gasteiger partial charge on any atom is -0.483 e. The first-order valence-corrected chi connectivity index (χ1v) is 5.83. The normalized spacial score (nSPS) is 10.2. The Balaban J connectivity index is 2.26. The Kier molecular flexibility index (Phi) is 4.29. The summed E-state index contributed by atoms with van der Waals surface area (Å²) in [7, 11) is 0. The van der Waals surface area contributed by atoms with Crippen molar-refractivity contribution in [3.05, 3.63) is 63.7 Å². The highest BCUT2D eigenvalue weighted by Gasteiger charge is 2.14. The molecule has 3 N–H and O–H groups in total. The zero-order valence-electron chi connectivity index (χ0n) is 10.7. The van der Waals surface area contributed by atoms with Gasteiger partial charge in [-0.1, -0.05) is 6.07 Å². The van der Waals surface area contributed by atoms with Gasteiger partial charge >= 0.3 is 0 Å². The van der Waals surface area contributed by atoms with Crippen molar-refractivity contribution in [2.75, 3.05) is 5.43 Å². The fourth-order valence-electron chi connectivity index (χ4n) is 1.72. The molecule has 21 heavy (non-hydrogen) atoms. The molecule has 0 spiro atoms. The third-order valence-corrected chi connectivity index (χ3v) is 2.75. The first-order valence-electron chi connectivity index (χ1n) is 5.83. The molecular weight excluding hydrogens is 284 g/mol. The van der Waals surface area contributed by atoms with Crippen LogP contribution in [0.15, 0.2) is 36.4 Å². The minimum atomic E-state index is -0.859. The second kappa shape index (κ2) is 6.14. The summed E-state index contributed by atoms with van der Waals surface area (Å²) in [4.78, 5) is 10.1. The van der Waals surface area contributed by atoms with Crippen molar-refractivity contribution in [1.82, 2.24) is 0 Å². The number of ether oxygens (including phenoxy) is 1. The number of rotatable bonds is 5. The Morgan fingerprint density at radius 3 is 2.48 bits per heavy atom. The highest BCUT2D eigenvalue weighted by molar-refractivity contribution is 5.55. The van der Waals surface area contributed by atoms with E-state index in [4.69, 9.17) is 10.6 Å². The van der Waals surface area contributed by atoms with Gasteiger partial charge in [0.05, 0.1) is 10.6 Å². The maximum Gasteiger partial charge on any atom is 0.269 e. The highest BCUT2D eigenvalue weighted by atomic mass is 19.1. The van der Waals surface area contributed by atoms with Gasteiger partial charge in [-0.25, -0.2) is 8.78 Å². The second-order valence-corrected chi connectivity index (χ2v) is 4.08. The van der Waals surface area contributed by atoms with Crippen LogP contribution in [0.3, 0.4) is 0 Å². The Bertz CT molecular complexity index is 659. The average Bonchev–Trinajstić information content (AvgIpc) is 2.46. The summed E-state index contributed by atoms with van der Waals surface area (Å²) >= 11 is 0. The van der Waals surface area contributed by atoms with Crippen molar-refractivity contribution in [2.24, 2.45) is 5.84 Å². The Hall–Kier alpha value is -2.74. The molecule has 0 heterocycles. The van der Waals surface area contributed by atoms with Crippen molar-refractivity contribution in [1.29, 1.82) is 0 Å². The number of nitrogens with zero attached hydrogens (tertiary/aromatic N) is 1. The molecule has 0 radical (unpaired) electrons. The molecule has 0 fully saturated rings. The second-order valence-electron chi connectivity index (χ2n) is 4.08. The molecule has 0 aliphatic rings. The molecule has 8 heteroatoms. The quantitative estimate of drug-likeness (QED) is 0.503. The van der Waals surface area contributed by atoms with Crippen molar-refractivity contribution < 1.29 is 18.4 Å². The number of non-ortho nitro benzene ring substituents is 1. The molecule has 0 bridgehead atoms. The van der Waals surface area contributed by atoms with Crippen LogP contribution in [0, 0.1) is 21.7 Å². The zero-order valence-corrected chi connectivity index (χ0v) is 10.7. The third-order valence-electron chi connectivity index (χ3n) is 2.75. The van der Waals surface area contributed by atoms with Gasteiger partial charge in [-0.3, -0.25) is 16.0 Å². The maximum atomic E-state index is 13.4. The smallest absolute Gasteiger partial charge is 0.269 e. The largest absolute Gasteiger partial charge is 0.483 e. The predicted octanol–water partition coefficient (Wildman–Crippen LogP) is 2.74. The lowest BCUT2D eigenvalue weighted by Gasteiger charge is -2.11. The molecular formula is C13H11F2N3O3. The van der Waals surface area contributed by atoms with Crippen LogP contribution in [0.4, 0.5) is 20.2 Å². The van der Waals surface area contributed by atoms with E-state index in [-0.39, 0.29) is 12.3 Å². The van der Waals surface area contributed by atoms with Crippen LogP contribution in [0.2, 0.25) is 0 Å². The molecule has 0 aromatic heterocycles. The van der Waals surface area contributed by atoms with E-state index in [9.17, 15) is 18.9 Å². The number of nitrogens with one attached hydrogen (secondary N) is 1. The predicted molar refractivity (Wildman–Crippen MR) is 71.6 cm³/mol. The SMILES string of the molecule is NNc1ccc([N+](=O)[O-])cc1COc1c(F)cccc1F. The molecule has 6 nitrogen and oxygen atoms in total. The van der Waals surface area contributed by atoms with Crippen LogP contribution in [0.1, 0.15) is 5.56 Å². The van der Waals surface area contributed by atoms with Crippen LogP contribution in [0.25, 0.3) is 0 Å². The molecule has 0 saturated heterocycles. The van der Waals surface area contributed by atoms with Crippen LogP contribution in [-0.4, -0.2) is 4.92 Å². The number of anilines is 1. The molecule has 0 amide bonds. The Labute approximate surface area is 118 Å².